The summed E-state index contributed by atoms with van der Waals surface area (Å²) in [5.41, 5.74) is 1.00. The van der Waals surface area contributed by atoms with Crippen LogP contribution in [-0.2, 0) is 11.3 Å². The van der Waals surface area contributed by atoms with Crippen molar-refractivity contribution < 1.29 is 9.53 Å². The van der Waals surface area contributed by atoms with Gasteiger partial charge in [0.15, 0.2) is 0 Å². The van der Waals surface area contributed by atoms with Crippen molar-refractivity contribution in [1.29, 1.82) is 0 Å². The number of hydrogen-bond acceptors (Lipinski definition) is 3. The quantitative estimate of drug-likeness (QED) is 0.836. The molecule has 1 aliphatic rings. The Morgan fingerprint density at radius 3 is 2.88 bits per heavy atom. The second kappa shape index (κ2) is 5.68. The fourth-order valence-corrected chi connectivity index (χ4v) is 1.97. The van der Waals surface area contributed by atoms with Gasteiger partial charge in [-0.25, -0.2) is 4.79 Å². The largest absolute Gasteiger partial charge is 0.445 e. The number of alkyl carbamates (subject to hydrolysis) is 1. The zero-order valence-corrected chi connectivity index (χ0v) is 9.98. The second-order valence-corrected chi connectivity index (χ2v) is 4.34. The first-order valence-electron chi connectivity index (χ1n) is 5.96. The van der Waals surface area contributed by atoms with Gasteiger partial charge in [0, 0.05) is 12.1 Å². The molecular weight excluding hydrogens is 216 g/mol. The molecule has 0 unspecified atom stereocenters. The monoisotopic (exact) mass is 234 g/mol. The molecule has 92 valence electrons. The van der Waals surface area contributed by atoms with Crippen molar-refractivity contribution in [3.05, 3.63) is 35.9 Å². The minimum atomic E-state index is -0.339. The predicted molar refractivity (Wildman–Crippen MR) is 65.6 cm³/mol. The smallest absolute Gasteiger partial charge is 0.407 e. The Hall–Kier alpha value is -1.55. The molecule has 1 aromatic rings. The SMILES string of the molecule is C[C@H]1NCC[C@H]1NC(=O)OCc1ccccc1. The van der Waals surface area contributed by atoms with Crippen LogP contribution in [0.3, 0.4) is 0 Å². The van der Waals surface area contributed by atoms with Gasteiger partial charge in [0.05, 0.1) is 0 Å². The third-order valence-corrected chi connectivity index (χ3v) is 3.04. The van der Waals surface area contributed by atoms with E-state index in [4.69, 9.17) is 4.74 Å². The lowest BCUT2D eigenvalue weighted by Crippen LogP contribution is -2.41. The van der Waals surface area contributed by atoms with Crippen molar-refractivity contribution in [2.24, 2.45) is 0 Å². The van der Waals surface area contributed by atoms with Gasteiger partial charge >= 0.3 is 6.09 Å². The van der Waals surface area contributed by atoms with Gasteiger partial charge in [0.25, 0.3) is 0 Å². The van der Waals surface area contributed by atoms with Gasteiger partial charge in [-0.3, -0.25) is 0 Å². The second-order valence-electron chi connectivity index (χ2n) is 4.34. The van der Waals surface area contributed by atoms with Crippen LogP contribution in [0.15, 0.2) is 30.3 Å². The highest BCUT2D eigenvalue weighted by atomic mass is 16.5. The molecule has 1 aromatic carbocycles. The highest BCUT2D eigenvalue weighted by Gasteiger charge is 2.24. The third kappa shape index (κ3) is 3.46. The topological polar surface area (TPSA) is 50.4 Å². The standard InChI is InChI=1S/C13H18N2O2/c1-10-12(7-8-14-10)15-13(16)17-9-11-5-3-2-4-6-11/h2-6,10,12,14H,7-9H2,1H3,(H,15,16)/t10-,12-/m1/s1. The van der Waals surface area contributed by atoms with E-state index in [9.17, 15) is 4.79 Å². The summed E-state index contributed by atoms with van der Waals surface area (Å²) in [6.45, 7) is 3.33. The van der Waals surface area contributed by atoms with Crippen LogP contribution in [0.1, 0.15) is 18.9 Å². The molecule has 0 aromatic heterocycles. The normalized spacial score (nSPS) is 23.4. The van der Waals surface area contributed by atoms with Gasteiger partial charge in [0.1, 0.15) is 6.61 Å². The van der Waals surface area contributed by atoms with Gasteiger partial charge in [-0.1, -0.05) is 30.3 Å². The molecule has 1 heterocycles. The molecule has 0 saturated carbocycles. The fraction of sp³-hybridized carbons (Fsp3) is 0.462. The lowest BCUT2D eigenvalue weighted by atomic mass is 10.1. The molecule has 1 fully saturated rings. The van der Waals surface area contributed by atoms with Crippen molar-refractivity contribution in [3.8, 4) is 0 Å². The van der Waals surface area contributed by atoms with E-state index < -0.39 is 0 Å². The van der Waals surface area contributed by atoms with E-state index in [0.29, 0.717) is 12.6 Å². The zero-order valence-electron chi connectivity index (χ0n) is 9.98. The van der Waals surface area contributed by atoms with E-state index in [2.05, 4.69) is 17.6 Å². The summed E-state index contributed by atoms with van der Waals surface area (Å²) >= 11 is 0. The van der Waals surface area contributed by atoms with Crippen LogP contribution in [0.4, 0.5) is 4.79 Å². The van der Waals surface area contributed by atoms with Crippen LogP contribution < -0.4 is 10.6 Å². The molecule has 2 N–H and O–H groups in total. The molecule has 17 heavy (non-hydrogen) atoms. The first-order chi connectivity index (χ1) is 8.25. The zero-order chi connectivity index (χ0) is 12.1. The molecule has 2 atom stereocenters. The molecular formula is C13H18N2O2. The summed E-state index contributed by atoms with van der Waals surface area (Å²) in [5, 5.41) is 6.15. The van der Waals surface area contributed by atoms with Gasteiger partial charge in [-0.15, -0.1) is 0 Å². The number of rotatable bonds is 3. The Bertz CT molecular complexity index is 367. The minimum absolute atomic E-state index is 0.179. The fourth-order valence-electron chi connectivity index (χ4n) is 1.97. The summed E-state index contributed by atoms with van der Waals surface area (Å²) < 4.78 is 5.16. The molecule has 1 aliphatic heterocycles. The van der Waals surface area contributed by atoms with Crippen molar-refractivity contribution in [2.75, 3.05) is 6.54 Å². The average molecular weight is 234 g/mol. The third-order valence-electron chi connectivity index (χ3n) is 3.04. The maximum atomic E-state index is 11.6. The maximum absolute atomic E-state index is 11.6. The summed E-state index contributed by atoms with van der Waals surface area (Å²) in [7, 11) is 0. The Morgan fingerprint density at radius 1 is 1.47 bits per heavy atom. The number of carbonyl (C=O) groups is 1. The summed E-state index contributed by atoms with van der Waals surface area (Å²) in [6, 6.07) is 10.2. The minimum Gasteiger partial charge on any atom is -0.445 e. The van der Waals surface area contributed by atoms with Crippen LogP contribution in [0.2, 0.25) is 0 Å². The highest BCUT2D eigenvalue weighted by molar-refractivity contribution is 5.67. The first kappa shape index (κ1) is 11.9. The summed E-state index contributed by atoms with van der Waals surface area (Å²) in [4.78, 5) is 11.6. The molecule has 0 aliphatic carbocycles. The van der Waals surface area contributed by atoms with Crippen LogP contribution >= 0.6 is 0 Å². The predicted octanol–water partition coefficient (Wildman–Crippen LogP) is 1.66. The molecule has 0 bridgehead atoms. The van der Waals surface area contributed by atoms with E-state index >= 15 is 0 Å². The van der Waals surface area contributed by atoms with Crippen molar-refractivity contribution >= 4 is 6.09 Å². The van der Waals surface area contributed by atoms with Crippen molar-refractivity contribution in [3.63, 3.8) is 0 Å². The summed E-state index contributed by atoms with van der Waals surface area (Å²) in [6.07, 6.45) is 0.621. The molecule has 4 heteroatoms. The number of benzene rings is 1. The van der Waals surface area contributed by atoms with Crippen LogP contribution in [-0.4, -0.2) is 24.7 Å². The maximum Gasteiger partial charge on any atom is 0.407 e. The van der Waals surface area contributed by atoms with E-state index in [1.165, 1.54) is 0 Å². The Labute approximate surface area is 101 Å². The van der Waals surface area contributed by atoms with Gasteiger partial charge < -0.3 is 15.4 Å². The molecule has 1 saturated heterocycles. The van der Waals surface area contributed by atoms with Crippen molar-refractivity contribution in [2.45, 2.75) is 32.0 Å². The number of nitrogens with one attached hydrogen (secondary N) is 2. The lowest BCUT2D eigenvalue weighted by Gasteiger charge is -2.16. The number of carbonyl (C=O) groups excluding carboxylic acids is 1. The van der Waals surface area contributed by atoms with Crippen LogP contribution in [0.25, 0.3) is 0 Å². The Morgan fingerprint density at radius 2 is 2.24 bits per heavy atom. The molecule has 4 nitrogen and oxygen atoms in total. The number of hydrogen-bond donors (Lipinski definition) is 2. The molecule has 0 spiro atoms. The van der Waals surface area contributed by atoms with E-state index in [0.717, 1.165) is 18.5 Å². The Balaban J connectivity index is 1.74. The van der Waals surface area contributed by atoms with E-state index in [1.807, 2.05) is 30.3 Å². The Kier molecular flexibility index (Phi) is 3.98. The van der Waals surface area contributed by atoms with Gasteiger partial charge in [0.2, 0.25) is 0 Å². The molecule has 2 rings (SSSR count). The number of amides is 1. The van der Waals surface area contributed by atoms with Gasteiger partial charge in [-0.2, -0.15) is 0 Å². The summed E-state index contributed by atoms with van der Waals surface area (Å²) in [5.74, 6) is 0. The highest BCUT2D eigenvalue weighted by Crippen LogP contribution is 2.07. The van der Waals surface area contributed by atoms with Crippen LogP contribution in [0, 0.1) is 0 Å². The van der Waals surface area contributed by atoms with E-state index in [-0.39, 0.29) is 12.1 Å². The number of ether oxygens (including phenoxy) is 1. The molecule has 0 radical (unpaired) electrons. The first-order valence-corrected chi connectivity index (χ1v) is 5.96. The van der Waals surface area contributed by atoms with Crippen molar-refractivity contribution in [1.82, 2.24) is 10.6 Å². The average Bonchev–Trinajstić information content (AvgIpc) is 2.74. The van der Waals surface area contributed by atoms with Crippen LogP contribution in [0.5, 0.6) is 0 Å². The van der Waals surface area contributed by atoms with Gasteiger partial charge in [-0.05, 0) is 25.5 Å². The van der Waals surface area contributed by atoms with E-state index in [1.54, 1.807) is 0 Å². The molecule has 1 amide bonds. The lowest BCUT2D eigenvalue weighted by molar-refractivity contribution is 0.135.